The highest BCUT2D eigenvalue weighted by Crippen LogP contribution is 2.28. The molecule has 0 bridgehead atoms. The molecule has 5 nitrogen and oxygen atoms in total. The van der Waals surface area contributed by atoms with E-state index < -0.39 is 0 Å². The molecule has 3 rings (SSSR count). The highest BCUT2D eigenvalue weighted by atomic mass is 35.5. The van der Waals surface area contributed by atoms with E-state index in [1.165, 1.54) is 0 Å². The van der Waals surface area contributed by atoms with Crippen LogP contribution in [0.15, 0.2) is 53.3 Å². The van der Waals surface area contributed by atoms with Crippen LogP contribution in [0.5, 0.6) is 0 Å². The monoisotopic (exact) mass is 467 g/mol. The van der Waals surface area contributed by atoms with Crippen LogP contribution in [0.25, 0.3) is 16.6 Å². The van der Waals surface area contributed by atoms with E-state index in [1.54, 1.807) is 22.8 Å². The predicted octanol–water partition coefficient (Wildman–Crippen LogP) is 6.56. The van der Waals surface area contributed by atoms with Gasteiger partial charge >= 0.3 is 0 Å². The first-order chi connectivity index (χ1) is 15.9. The Morgan fingerprint density at radius 1 is 1.09 bits per heavy atom. The summed E-state index contributed by atoms with van der Waals surface area (Å²) in [5.74, 6) is 0.938. The average Bonchev–Trinajstić information content (AvgIpc) is 2.78. The van der Waals surface area contributed by atoms with Gasteiger partial charge in [0.1, 0.15) is 5.82 Å². The van der Waals surface area contributed by atoms with Crippen molar-refractivity contribution in [1.29, 1.82) is 0 Å². The van der Waals surface area contributed by atoms with Crippen molar-refractivity contribution in [2.24, 2.45) is 5.92 Å². The molecule has 0 saturated carbocycles. The third-order valence-electron chi connectivity index (χ3n) is 5.83. The Balaban J connectivity index is 2.23. The number of hydrogen-bond donors (Lipinski definition) is 0. The third-order valence-corrected chi connectivity index (χ3v) is 6.07. The van der Waals surface area contributed by atoms with Crippen molar-refractivity contribution in [2.45, 2.75) is 65.8 Å². The molecule has 0 saturated heterocycles. The normalized spacial score (nSPS) is 12.3. The van der Waals surface area contributed by atoms with E-state index in [-0.39, 0.29) is 23.4 Å². The smallest absolute Gasteiger partial charge is 0.266 e. The van der Waals surface area contributed by atoms with Gasteiger partial charge in [0, 0.05) is 18.0 Å². The van der Waals surface area contributed by atoms with E-state index in [1.807, 2.05) is 42.2 Å². The van der Waals surface area contributed by atoms with Gasteiger partial charge in [0.05, 0.1) is 22.6 Å². The Kier molecular flexibility index (Phi) is 8.67. The second-order valence-corrected chi connectivity index (χ2v) is 9.36. The summed E-state index contributed by atoms with van der Waals surface area (Å²) in [6.07, 6.45) is 4.17. The van der Waals surface area contributed by atoms with Crippen molar-refractivity contribution in [1.82, 2.24) is 14.5 Å². The predicted molar refractivity (Wildman–Crippen MR) is 136 cm³/mol. The molecule has 1 atom stereocenters. The largest absolute Gasteiger partial charge is 0.332 e. The minimum Gasteiger partial charge on any atom is -0.332 e. The Labute approximate surface area is 201 Å². The second-order valence-electron chi connectivity index (χ2n) is 8.92. The van der Waals surface area contributed by atoms with E-state index >= 15 is 0 Å². The summed E-state index contributed by atoms with van der Waals surface area (Å²) in [5, 5.41) is 1.09. The molecule has 0 N–H and O–H groups in total. The molecule has 1 aromatic heterocycles. The van der Waals surface area contributed by atoms with Crippen molar-refractivity contribution in [3.63, 3.8) is 0 Å². The SMILES string of the molecule is CCCCCN(C(=O)CC(C)C)C(CC)c1nc2ccccc2c(=O)n1-c1cccc(Cl)c1. The van der Waals surface area contributed by atoms with Crippen LogP contribution in [0, 0.1) is 5.92 Å². The lowest BCUT2D eigenvalue weighted by molar-refractivity contribution is -0.135. The summed E-state index contributed by atoms with van der Waals surface area (Å²) in [4.78, 5) is 33.9. The number of carbonyl (C=O) groups excluding carboxylic acids is 1. The first-order valence-electron chi connectivity index (χ1n) is 11.9. The summed E-state index contributed by atoms with van der Waals surface area (Å²) >= 11 is 6.29. The number of aromatic nitrogens is 2. The van der Waals surface area contributed by atoms with Gasteiger partial charge in [0.2, 0.25) is 5.91 Å². The number of benzene rings is 2. The fourth-order valence-corrected chi connectivity index (χ4v) is 4.42. The fraction of sp³-hybridized carbons (Fsp3) is 0.444. The summed E-state index contributed by atoms with van der Waals surface area (Å²) in [6.45, 7) is 8.96. The van der Waals surface area contributed by atoms with Crippen LogP contribution < -0.4 is 5.56 Å². The van der Waals surface area contributed by atoms with Crippen molar-refractivity contribution >= 4 is 28.4 Å². The van der Waals surface area contributed by atoms with Gasteiger partial charge in [0.25, 0.3) is 5.56 Å². The Morgan fingerprint density at radius 2 is 1.85 bits per heavy atom. The molecule has 0 aliphatic rings. The van der Waals surface area contributed by atoms with Gasteiger partial charge in [0.15, 0.2) is 0 Å². The van der Waals surface area contributed by atoms with Gasteiger partial charge in [-0.3, -0.25) is 14.2 Å². The molecule has 176 valence electrons. The van der Waals surface area contributed by atoms with Crippen LogP contribution in [-0.2, 0) is 4.79 Å². The number of fused-ring (bicyclic) bond motifs is 1. The Bertz CT molecular complexity index is 1160. The fourth-order valence-electron chi connectivity index (χ4n) is 4.23. The van der Waals surface area contributed by atoms with E-state index in [0.29, 0.717) is 46.8 Å². The van der Waals surface area contributed by atoms with Gasteiger partial charge in [-0.25, -0.2) is 4.98 Å². The standard InChI is InChI=1S/C27H34ClN3O2/c1-5-7-10-16-30(25(32)17-19(3)4)24(6-2)26-29-23-15-9-8-14-22(23)27(33)31(26)21-13-11-12-20(28)18-21/h8-9,11-15,18-19,24H,5-7,10,16-17H2,1-4H3. The number of unbranched alkanes of at least 4 members (excludes halogenated alkanes) is 2. The van der Waals surface area contributed by atoms with E-state index in [2.05, 4.69) is 20.8 Å². The number of para-hydroxylation sites is 1. The van der Waals surface area contributed by atoms with Gasteiger partial charge in [-0.2, -0.15) is 0 Å². The third kappa shape index (κ3) is 5.83. The van der Waals surface area contributed by atoms with E-state index in [4.69, 9.17) is 16.6 Å². The van der Waals surface area contributed by atoms with E-state index in [9.17, 15) is 9.59 Å². The number of nitrogens with zero attached hydrogens (tertiary/aromatic N) is 3. The molecule has 3 aromatic rings. The van der Waals surface area contributed by atoms with Crippen LogP contribution in [-0.4, -0.2) is 26.9 Å². The second kappa shape index (κ2) is 11.5. The minimum atomic E-state index is -0.315. The number of halogens is 1. The maximum absolute atomic E-state index is 13.7. The lowest BCUT2D eigenvalue weighted by atomic mass is 10.1. The number of rotatable bonds is 10. The number of carbonyl (C=O) groups is 1. The Hall–Kier alpha value is -2.66. The molecular formula is C27H34ClN3O2. The zero-order chi connectivity index (χ0) is 24.0. The summed E-state index contributed by atoms with van der Waals surface area (Å²) in [7, 11) is 0. The zero-order valence-corrected chi connectivity index (χ0v) is 20.8. The van der Waals surface area contributed by atoms with Gasteiger partial charge < -0.3 is 4.90 Å². The summed E-state index contributed by atoms with van der Waals surface area (Å²) in [6, 6.07) is 14.3. The molecule has 0 fully saturated rings. The molecule has 0 aliphatic carbocycles. The van der Waals surface area contributed by atoms with Crippen LogP contribution in [0.3, 0.4) is 0 Å². The molecule has 1 heterocycles. The minimum absolute atomic E-state index is 0.105. The zero-order valence-electron chi connectivity index (χ0n) is 20.1. The number of amides is 1. The molecule has 33 heavy (non-hydrogen) atoms. The van der Waals surface area contributed by atoms with Crippen molar-refractivity contribution in [2.75, 3.05) is 6.54 Å². The van der Waals surface area contributed by atoms with E-state index in [0.717, 1.165) is 19.3 Å². The molecule has 0 aliphatic heterocycles. The molecule has 2 aromatic carbocycles. The highest BCUT2D eigenvalue weighted by Gasteiger charge is 2.29. The van der Waals surface area contributed by atoms with Gasteiger partial charge in [-0.15, -0.1) is 0 Å². The maximum Gasteiger partial charge on any atom is 0.266 e. The summed E-state index contributed by atoms with van der Waals surface area (Å²) in [5.41, 5.74) is 1.14. The molecule has 1 amide bonds. The lowest BCUT2D eigenvalue weighted by Crippen LogP contribution is -2.39. The first-order valence-corrected chi connectivity index (χ1v) is 12.3. The van der Waals surface area contributed by atoms with Crippen LogP contribution in [0.4, 0.5) is 0 Å². The van der Waals surface area contributed by atoms with Crippen LogP contribution >= 0.6 is 11.6 Å². The maximum atomic E-state index is 13.7. The lowest BCUT2D eigenvalue weighted by Gasteiger charge is -2.33. The molecule has 6 heteroatoms. The van der Waals surface area contributed by atoms with Crippen molar-refractivity contribution in [3.8, 4) is 5.69 Å². The quantitative estimate of drug-likeness (QED) is 0.317. The van der Waals surface area contributed by atoms with Crippen LogP contribution in [0.2, 0.25) is 5.02 Å². The number of hydrogen-bond acceptors (Lipinski definition) is 3. The summed E-state index contributed by atoms with van der Waals surface area (Å²) < 4.78 is 1.64. The molecule has 0 radical (unpaired) electrons. The van der Waals surface area contributed by atoms with Crippen LogP contribution in [0.1, 0.15) is 71.7 Å². The van der Waals surface area contributed by atoms with Gasteiger partial charge in [-0.05, 0) is 49.1 Å². The average molecular weight is 468 g/mol. The molecular weight excluding hydrogens is 434 g/mol. The highest BCUT2D eigenvalue weighted by molar-refractivity contribution is 6.30. The topological polar surface area (TPSA) is 55.2 Å². The Morgan fingerprint density at radius 3 is 2.52 bits per heavy atom. The van der Waals surface area contributed by atoms with Crippen molar-refractivity contribution in [3.05, 3.63) is 69.7 Å². The first kappa shape index (κ1) is 25.0. The van der Waals surface area contributed by atoms with Gasteiger partial charge in [-0.1, -0.05) is 70.3 Å². The van der Waals surface area contributed by atoms with Crippen molar-refractivity contribution < 1.29 is 4.79 Å². The molecule has 0 spiro atoms. The molecule has 1 unspecified atom stereocenters.